The van der Waals surface area contributed by atoms with Gasteiger partial charge in [-0.3, -0.25) is 4.79 Å². The maximum Gasteiger partial charge on any atom is 0.251 e. The number of hydrogen-bond donors (Lipinski definition) is 2. The molecule has 0 aromatic rings. The van der Waals surface area contributed by atoms with Crippen LogP contribution in [0.4, 0.5) is 0 Å². The highest BCUT2D eigenvalue weighted by Crippen LogP contribution is 2.22. The molecule has 1 amide bonds. The Balaban J connectivity index is 0.00000289. The Morgan fingerprint density at radius 1 is 1.44 bits per heavy atom. The van der Waals surface area contributed by atoms with E-state index in [1.54, 1.807) is 4.90 Å². The number of rotatable bonds is 2. The van der Waals surface area contributed by atoms with Crippen LogP contribution in [0.15, 0.2) is 0 Å². The van der Waals surface area contributed by atoms with Crippen molar-refractivity contribution in [1.29, 1.82) is 0 Å². The zero-order valence-corrected chi connectivity index (χ0v) is 12.9. The fourth-order valence-electron chi connectivity index (χ4n) is 2.21. The molecule has 1 aliphatic rings. The largest absolute Gasteiger partial charge is 0.383 e. The molecule has 2 N–H and O–H groups in total. The van der Waals surface area contributed by atoms with Gasteiger partial charge in [0.25, 0.3) is 5.91 Å². The molecule has 0 unspecified atom stereocenters. The highest BCUT2D eigenvalue weighted by molar-refractivity contribution is 5.85. The molecular formula is C13H27ClN2O2. The summed E-state index contributed by atoms with van der Waals surface area (Å²) < 4.78 is 0. The first-order chi connectivity index (χ1) is 7.61. The van der Waals surface area contributed by atoms with Gasteiger partial charge < -0.3 is 15.3 Å². The quantitative estimate of drug-likeness (QED) is 0.803. The number of piperazine rings is 1. The lowest BCUT2D eigenvalue weighted by atomic mass is 9.88. The van der Waals surface area contributed by atoms with Crippen molar-refractivity contribution in [2.24, 2.45) is 5.41 Å². The van der Waals surface area contributed by atoms with Gasteiger partial charge in [-0.2, -0.15) is 0 Å². The second-order valence-electron chi connectivity index (χ2n) is 6.85. The number of amides is 1. The lowest BCUT2D eigenvalue weighted by Gasteiger charge is -2.40. The Morgan fingerprint density at radius 2 is 2.00 bits per heavy atom. The van der Waals surface area contributed by atoms with E-state index in [1.807, 2.05) is 20.8 Å². The molecule has 108 valence electrons. The van der Waals surface area contributed by atoms with Crippen molar-refractivity contribution in [3.8, 4) is 0 Å². The number of aliphatic hydroxyl groups excluding tert-OH is 1. The van der Waals surface area contributed by atoms with Crippen LogP contribution in [0.5, 0.6) is 0 Å². The van der Waals surface area contributed by atoms with Crippen molar-refractivity contribution in [2.45, 2.75) is 52.7 Å². The van der Waals surface area contributed by atoms with E-state index in [1.165, 1.54) is 0 Å². The molecule has 0 saturated carbocycles. The van der Waals surface area contributed by atoms with Crippen molar-refractivity contribution in [3.63, 3.8) is 0 Å². The van der Waals surface area contributed by atoms with Gasteiger partial charge in [0.2, 0.25) is 0 Å². The molecule has 0 radical (unpaired) electrons. The summed E-state index contributed by atoms with van der Waals surface area (Å²) in [6.45, 7) is 12.4. The zero-order valence-electron chi connectivity index (χ0n) is 12.1. The van der Waals surface area contributed by atoms with Gasteiger partial charge in [0, 0.05) is 25.2 Å². The van der Waals surface area contributed by atoms with Gasteiger partial charge in [0.1, 0.15) is 6.10 Å². The minimum atomic E-state index is -0.871. The van der Waals surface area contributed by atoms with E-state index in [4.69, 9.17) is 0 Å². The highest BCUT2D eigenvalue weighted by atomic mass is 35.5. The third-order valence-electron chi connectivity index (χ3n) is 2.97. The Morgan fingerprint density at radius 3 is 2.44 bits per heavy atom. The van der Waals surface area contributed by atoms with Crippen LogP contribution in [-0.2, 0) is 4.79 Å². The number of halogens is 1. The minimum Gasteiger partial charge on any atom is -0.383 e. The first-order valence-electron chi connectivity index (χ1n) is 6.33. The van der Waals surface area contributed by atoms with Gasteiger partial charge in [0.15, 0.2) is 0 Å². The van der Waals surface area contributed by atoms with E-state index >= 15 is 0 Å². The molecule has 0 aromatic heterocycles. The lowest BCUT2D eigenvalue weighted by molar-refractivity contribution is -0.143. The predicted molar refractivity (Wildman–Crippen MR) is 76.0 cm³/mol. The molecule has 1 atom stereocenters. The van der Waals surface area contributed by atoms with Gasteiger partial charge in [0.05, 0.1) is 0 Å². The van der Waals surface area contributed by atoms with Crippen molar-refractivity contribution in [1.82, 2.24) is 10.2 Å². The standard InChI is InChI=1S/C13H26N2O2.ClH/c1-12(2,3)8-10(16)11(17)15-7-6-14-13(4,5)9-15;/h10,14,16H,6-9H2,1-5H3;1H/t10-;/m1./s1. The van der Waals surface area contributed by atoms with E-state index < -0.39 is 6.10 Å². The minimum absolute atomic E-state index is 0. The summed E-state index contributed by atoms with van der Waals surface area (Å²) in [7, 11) is 0. The summed E-state index contributed by atoms with van der Waals surface area (Å²) in [4.78, 5) is 13.9. The number of nitrogens with one attached hydrogen (secondary N) is 1. The molecule has 0 aromatic carbocycles. The molecule has 0 spiro atoms. The first-order valence-corrected chi connectivity index (χ1v) is 6.33. The normalized spacial score (nSPS) is 21.1. The van der Waals surface area contributed by atoms with E-state index in [-0.39, 0.29) is 29.3 Å². The number of aliphatic hydroxyl groups is 1. The molecule has 1 saturated heterocycles. The summed E-state index contributed by atoms with van der Waals surface area (Å²) in [6, 6.07) is 0. The summed E-state index contributed by atoms with van der Waals surface area (Å²) in [5.41, 5.74) is -0.0893. The number of hydrogen-bond acceptors (Lipinski definition) is 3. The molecule has 1 rings (SSSR count). The van der Waals surface area contributed by atoms with Crippen LogP contribution in [0, 0.1) is 5.41 Å². The topological polar surface area (TPSA) is 52.6 Å². The van der Waals surface area contributed by atoms with Gasteiger partial charge in [-0.25, -0.2) is 0 Å². The predicted octanol–water partition coefficient (Wildman–Crippen LogP) is 1.42. The van der Waals surface area contributed by atoms with Crippen LogP contribution in [0.1, 0.15) is 41.0 Å². The van der Waals surface area contributed by atoms with Crippen LogP contribution in [-0.4, -0.2) is 47.2 Å². The summed E-state index contributed by atoms with van der Waals surface area (Å²) in [6.07, 6.45) is -0.361. The lowest BCUT2D eigenvalue weighted by Crippen LogP contribution is -2.60. The van der Waals surface area contributed by atoms with Crippen molar-refractivity contribution >= 4 is 18.3 Å². The van der Waals surface area contributed by atoms with Gasteiger partial charge in [-0.15, -0.1) is 12.4 Å². The Bertz CT molecular complexity index is 287. The molecule has 1 aliphatic heterocycles. The van der Waals surface area contributed by atoms with Gasteiger partial charge in [-0.05, 0) is 25.7 Å². The molecule has 0 aliphatic carbocycles. The monoisotopic (exact) mass is 278 g/mol. The van der Waals surface area contributed by atoms with Gasteiger partial charge >= 0.3 is 0 Å². The highest BCUT2D eigenvalue weighted by Gasteiger charge is 2.32. The summed E-state index contributed by atoms with van der Waals surface area (Å²) in [5.74, 6) is -0.130. The number of carbonyl (C=O) groups is 1. The number of carbonyl (C=O) groups excluding carboxylic acids is 1. The SMILES string of the molecule is CC(C)(C)C[C@@H](O)C(=O)N1CCNC(C)(C)C1.Cl. The Kier molecular flexibility index (Phi) is 6.11. The second-order valence-corrected chi connectivity index (χ2v) is 6.85. The van der Waals surface area contributed by atoms with E-state index in [9.17, 15) is 9.90 Å². The van der Waals surface area contributed by atoms with Crippen LogP contribution in [0.3, 0.4) is 0 Å². The van der Waals surface area contributed by atoms with Crippen molar-refractivity contribution < 1.29 is 9.90 Å². The van der Waals surface area contributed by atoms with Crippen LogP contribution >= 0.6 is 12.4 Å². The fraction of sp³-hybridized carbons (Fsp3) is 0.923. The van der Waals surface area contributed by atoms with E-state index in [0.717, 1.165) is 6.54 Å². The van der Waals surface area contributed by atoms with Crippen LogP contribution in [0.25, 0.3) is 0 Å². The summed E-state index contributed by atoms with van der Waals surface area (Å²) in [5, 5.41) is 13.3. The average Bonchev–Trinajstić information content (AvgIpc) is 2.12. The molecule has 5 heteroatoms. The maximum atomic E-state index is 12.1. The van der Waals surface area contributed by atoms with E-state index in [2.05, 4.69) is 19.2 Å². The average molecular weight is 279 g/mol. The van der Waals surface area contributed by atoms with Crippen molar-refractivity contribution in [3.05, 3.63) is 0 Å². The van der Waals surface area contributed by atoms with Crippen LogP contribution < -0.4 is 5.32 Å². The third-order valence-corrected chi connectivity index (χ3v) is 2.97. The molecule has 1 heterocycles. The van der Waals surface area contributed by atoms with Crippen molar-refractivity contribution in [2.75, 3.05) is 19.6 Å². The smallest absolute Gasteiger partial charge is 0.251 e. The molecule has 18 heavy (non-hydrogen) atoms. The Labute approximate surface area is 117 Å². The molecule has 0 bridgehead atoms. The van der Waals surface area contributed by atoms with Gasteiger partial charge in [-0.1, -0.05) is 20.8 Å². The second kappa shape index (κ2) is 6.22. The fourth-order valence-corrected chi connectivity index (χ4v) is 2.21. The van der Waals surface area contributed by atoms with Crippen LogP contribution in [0.2, 0.25) is 0 Å². The molecule has 1 fully saturated rings. The Hall–Kier alpha value is -0.320. The number of nitrogens with zero attached hydrogens (tertiary/aromatic N) is 1. The van der Waals surface area contributed by atoms with E-state index in [0.29, 0.717) is 19.5 Å². The summed E-state index contributed by atoms with van der Waals surface area (Å²) >= 11 is 0. The molecular weight excluding hydrogens is 252 g/mol. The zero-order chi connectivity index (χ0) is 13.3. The first kappa shape index (κ1) is 17.7. The maximum absolute atomic E-state index is 12.1. The molecule has 4 nitrogen and oxygen atoms in total. The third kappa shape index (κ3) is 5.55.